The molecule has 0 aliphatic heterocycles. The highest BCUT2D eigenvalue weighted by atomic mass is 35.5. The molecule has 0 saturated heterocycles. The van der Waals surface area contributed by atoms with Crippen molar-refractivity contribution in [1.82, 2.24) is 9.55 Å². The normalized spacial score (nSPS) is 23.3. The minimum Gasteiger partial charge on any atom is -0.331 e. The first-order valence-corrected chi connectivity index (χ1v) is 8.29. The van der Waals surface area contributed by atoms with Gasteiger partial charge in [-0.2, -0.15) is 11.8 Å². The van der Waals surface area contributed by atoms with Crippen LogP contribution in [0.2, 0.25) is 5.02 Å². The number of hydrogen-bond acceptors (Lipinski definition) is 2. The number of nitrogens with one attached hydrogen (secondary N) is 1. The van der Waals surface area contributed by atoms with Gasteiger partial charge in [0.15, 0.2) is 4.77 Å². The molecular formula is C13H14ClFN2S2. The predicted molar refractivity (Wildman–Crippen MR) is 82.3 cm³/mol. The number of rotatable bonds is 2. The van der Waals surface area contributed by atoms with Crippen molar-refractivity contribution < 1.29 is 4.39 Å². The van der Waals surface area contributed by atoms with Crippen molar-refractivity contribution in [1.29, 1.82) is 0 Å². The van der Waals surface area contributed by atoms with Crippen LogP contribution in [0.4, 0.5) is 4.39 Å². The maximum atomic E-state index is 13.7. The third-order valence-electron chi connectivity index (χ3n) is 3.81. The number of aromatic nitrogens is 2. The van der Waals surface area contributed by atoms with Crippen molar-refractivity contribution in [3.05, 3.63) is 27.7 Å². The summed E-state index contributed by atoms with van der Waals surface area (Å²) in [5.41, 5.74) is 1.63. The van der Waals surface area contributed by atoms with E-state index in [9.17, 15) is 4.39 Å². The van der Waals surface area contributed by atoms with E-state index in [-0.39, 0.29) is 5.02 Å². The standard InChI is InChI=1S/C13H14ClFN2S2/c1-19-8-3-2-7(4-8)17-12-6-10(15)9(14)5-11(12)16-13(17)18/h5-8H,2-4H2,1H3,(H,16,18). The van der Waals surface area contributed by atoms with Gasteiger partial charge in [-0.15, -0.1) is 0 Å². The lowest BCUT2D eigenvalue weighted by Crippen LogP contribution is -2.06. The van der Waals surface area contributed by atoms with E-state index in [2.05, 4.69) is 15.8 Å². The first-order chi connectivity index (χ1) is 9.10. The lowest BCUT2D eigenvalue weighted by atomic mass is 10.2. The minimum atomic E-state index is -0.392. The van der Waals surface area contributed by atoms with E-state index < -0.39 is 5.82 Å². The molecule has 1 aliphatic carbocycles. The van der Waals surface area contributed by atoms with Crippen LogP contribution in [0.15, 0.2) is 12.1 Å². The molecule has 6 heteroatoms. The van der Waals surface area contributed by atoms with Gasteiger partial charge in [0.2, 0.25) is 0 Å². The van der Waals surface area contributed by atoms with Gasteiger partial charge in [-0.3, -0.25) is 0 Å². The maximum absolute atomic E-state index is 13.7. The average Bonchev–Trinajstić information content (AvgIpc) is 2.94. The average molecular weight is 317 g/mol. The molecule has 1 aromatic carbocycles. The lowest BCUT2D eigenvalue weighted by molar-refractivity contribution is 0.526. The van der Waals surface area contributed by atoms with Gasteiger partial charge in [0.05, 0.1) is 16.1 Å². The van der Waals surface area contributed by atoms with Crippen LogP contribution < -0.4 is 0 Å². The highest BCUT2D eigenvalue weighted by Crippen LogP contribution is 2.38. The Labute approximate surface area is 125 Å². The molecule has 0 radical (unpaired) electrons. The van der Waals surface area contributed by atoms with E-state index in [4.69, 9.17) is 23.8 Å². The van der Waals surface area contributed by atoms with Gasteiger partial charge < -0.3 is 9.55 Å². The van der Waals surface area contributed by atoms with Gasteiger partial charge in [-0.25, -0.2) is 4.39 Å². The Kier molecular flexibility index (Phi) is 3.62. The largest absolute Gasteiger partial charge is 0.331 e. The first kappa shape index (κ1) is 13.5. The molecule has 2 unspecified atom stereocenters. The van der Waals surface area contributed by atoms with E-state index in [0.29, 0.717) is 16.1 Å². The third kappa shape index (κ3) is 2.32. The number of imidazole rings is 1. The molecule has 2 aromatic rings. The smallest absolute Gasteiger partial charge is 0.178 e. The molecule has 0 spiro atoms. The second-order valence-electron chi connectivity index (χ2n) is 4.91. The molecule has 0 amide bonds. The number of benzene rings is 1. The van der Waals surface area contributed by atoms with Gasteiger partial charge >= 0.3 is 0 Å². The van der Waals surface area contributed by atoms with Gasteiger partial charge in [0.1, 0.15) is 5.82 Å². The Morgan fingerprint density at radius 3 is 2.95 bits per heavy atom. The summed E-state index contributed by atoms with van der Waals surface area (Å²) in [5.74, 6) is -0.392. The minimum absolute atomic E-state index is 0.129. The molecule has 1 fully saturated rings. The number of H-pyrrole nitrogens is 1. The molecule has 102 valence electrons. The van der Waals surface area contributed by atoms with Crippen LogP contribution in [-0.4, -0.2) is 21.1 Å². The van der Waals surface area contributed by atoms with E-state index in [1.54, 1.807) is 6.07 Å². The second-order valence-corrected chi connectivity index (χ2v) is 6.84. The zero-order valence-electron chi connectivity index (χ0n) is 10.5. The van der Waals surface area contributed by atoms with Crippen LogP contribution in [0.25, 0.3) is 11.0 Å². The summed E-state index contributed by atoms with van der Waals surface area (Å²) in [6.45, 7) is 0. The Morgan fingerprint density at radius 2 is 2.26 bits per heavy atom. The molecule has 1 saturated carbocycles. The molecule has 1 aliphatic rings. The van der Waals surface area contributed by atoms with Crippen molar-refractivity contribution in [3.63, 3.8) is 0 Å². The Hall–Kier alpha value is -0.520. The number of thioether (sulfide) groups is 1. The Morgan fingerprint density at radius 1 is 1.47 bits per heavy atom. The number of halogens is 2. The summed E-state index contributed by atoms with van der Waals surface area (Å²) < 4.78 is 16.4. The Balaban J connectivity index is 2.11. The molecule has 2 nitrogen and oxygen atoms in total. The van der Waals surface area contributed by atoms with Crippen LogP contribution in [0, 0.1) is 10.6 Å². The predicted octanol–water partition coefficient (Wildman–Crippen LogP) is 4.95. The summed E-state index contributed by atoms with van der Waals surface area (Å²) in [4.78, 5) is 3.12. The summed E-state index contributed by atoms with van der Waals surface area (Å²) in [6, 6.07) is 3.45. The fraction of sp³-hybridized carbons (Fsp3) is 0.462. The van der Waals surface area contributed by atoms with Gasteiger partial charge in [-0.1, -0.05) is 11.6 Å². The molecule has 1 aromatic heterocycles. The Bertz CT molecular complexity index is 679. The van der Waals surface area contributed by atoms with E-state index in [1.807, 2.05) is 11.8 Å². The fourth-order valence-corrected chi connectivity index (χ4v) is 4.16. The van der Waals surface area contributed by atoms with Crippen molar-refractivity contribution in [3.8, 4) is 0 Å². The van der Waals surface area contributed by atoms with Crippen LogP contribution in [0.5, 0.6) is 0 Å². The van der Waals surface area contributed by atoms with Crippen molar-refractivity contribution in [2.24, 2.45) is 0 Å². The van der Waals surface area contributed by atoms with E-state index in [0.717, 1.165) is 23.9 Å². The number of fused-ring (bicyclic) bond motifs is 1. The zero-order chi connectivity index (χ0) is 13.6. The summed E-state index contributed by atoms with van der Waals surface area (Å²) in [5, 5.41) is 0.804. The van der Waals surface area contributed by atoms with Crippen molar-refractivity contribution >= 4 is 46.6 Å². The lowest BCUT2D eigenvalue weighted by Gasteiger charge is -2.13. The van der Waals surface area contributed by atoms with Crippen LogP contribution in [-0.2, 0) is 0 Å². The summed E-state index contributed by atoms with van der Waals surface area (Å²) in [6.07, 6.45) is 5.51. The zero-order valence-corrected chi connectivity index (χ0v) is 12.8. The number of hydrogen-bond donors (Lipinski definition) is 1. The quantitative estimate of drug-likeness (QED) is 0.791. The van der Waals surface area contributed by atoms with Crippen LogP contribution in [0.3, 0.4) is 0 Å². The second kappa shape index (κ2) is 5.11. The summed E-state index contributed by atoms with van der Waals surface area (Å²) in [7, 11) is 0. The number of nitrogens with zero attached hydrogens (tertiary/aromatic N) is 1. The topological polar surface area (TPSA) is 20.7 Å². The van der Waals surface area contributed by atoms with Crippen LogP contribution in [0.1, 0.15) is 25.3 Å². The van der Waals surface area contributed by atoms with Gasteiger partial charge in [0, 0.05) is 17.4 Å². The first-order valence-electron chi connectivity index (χ1n) is 6.22. The maximum Gasteiger partial charge on any atom is 0.178 e. The van der Waals surface area contributed by atoms with E-state index in [1.165, 1.54) is 12.5 Å². The fourth-order valence-electron chi connectivity index (χ4n) is 2.85. The SMILES string of the molecule is CSC1CCC(n2c(=S)[nH]c3cc(Cl)c(F)cc32)C1. The molecule has 3 rings (SSSR count). The molecule has 1 N–H and O–H groups in total. The van der Waals surface area contributed by atoms with Crippen molar-refractivity contribution in [2.45, 2.75) is 30.6 Å². The van der Waals surface area contributed by atoms with Gasteiger partial charge in [-0.05, 0) is 43.8 Å². The molecule has 2 atom stereocenters. The molecule has 0 bridgehead atoms. The van der Waals surface area contributed by atoms with Gasteiger partial charge in [0.25, 0.3) is 0 Å². The van der Waals surface area contributed by atoms with E-state index >= 15 is 0 Å². The number of aromatic amines is 1. The molecule has 19 heavy (non-hydrogen) atoms. The summed E-state index contributed by atoms with van der Waals surface area (Å²) >= 11 is 13.1. The highest BCUT2D eigenvalue weighted by Gasteiger charge is 2.27. The molecular weight excluding hydrogens is 303 g/mol. The highest BCUT2D eigenvalue weighted by molar-refractivity contribution is 7.99. The van der Waals surface area contributed by atoms with Crippen molar-refractivity contribution in [2.75, 3.05) is 6.26 Å². The molecule has 1 heterocycles. The van der Waals surface area contributed by atoms with Crippen LogP contribution >= 0.6 is 35.6 Å². The third-order valence-corrected chi connectivity index (χ3v) is 5.50. The monoisotopic (exact) mass is 316 g/mol.